The number of piperidine rings is 1. The van der Waals surface area contributed by atoms with Crippen LogP contribution in [0.3, 0.4) is 0 Å². The van der Waals surface area contributed by atoms with Gasteiger partial charge >= 0.3 is 11.8 Å². The molecule has 0 radical (unpaired) electrons. The highest BCUT2D eigenvalue weighted by molar-refractivity contribution is 6.74. The summed E-state index contributed by atoms with van der Waals surface area (Å²) < 4.78 is 12.4. The number of hydrogen-bond donors (Lipinski definition) is 1. The van der Waals surface area contributed by atoms with Crippen molar-refractivity contribution in [3.8, 4) is 0 Å². The zero-order valence-corrected chi connectivity index (χ0v) is 20.9. The van der Waals surface area contributed by atoms with Crippen molar-refractivity contribution in [2.45, 2.75) is 83.8 Å². The highest BCUT2D eigenvalue weighted by atomic mass is 28.4. The van der Waals surface area contributed by atoms with Crippen molar-refractivity contribution in [2.75, 3.05) is 18.0 Å². The van der Waals surface area contributed by atoms with Crippen LogP contribution in [0, 0.1) is 10.1 Å². The molecule has 1 fully saturated rings. The van der Waals surface area contributed by atoms with Gasteiger partial charge in [0.05, 0.1) is 17.1 Å². The van der Waals surface area contributed by atoms with Crippen LogP contribution in [0.1, 0.15) is 48.0 Å². The van der Waals surface area contributed by atoms with Gasteiger partial charge in [-0.3, -0.25) is 20.0 Å². The van der Waals surface area contributed by atoms with Crippen LogP contribution in [0.4, 0.5) is 16.2 Å². The number of nitrogens with one attached hydrogen (secondary N) is 1. The lowest BCUT2D eigenvalue weighted by molar-refractivity contribution is -0.384. The average molecular weight is 453 g/mol. The van der Waals surface area contributed by atoms with Crippen LogP contribution < -0.4 is 10.2 Å². The third-order valence-electron chi connectivity index (χ3n) is 5.80. The summed E-state index contributed by atoms with van der Waals surface area (Å²) in [5, 5.41) is 15.0. The fourth-order valence-corrected chi connectivity index (χ4v) is 4.60. The fourth-order valence-electron chi connectivity index (χ4n) is 3.21. The first kappa shape index (κ1) is 25.2. The molecule has 1 amide bonds. The SMILES string of the molecule is CC(C)(C)OC(=O)N(c1ccncc1[N+](=O)[O-])[C@@H]1CNCC[C@H]1O[Si](C)(C)C(C)(C)C. The number of aromatic nitrogens is 1. The second-order valence-electron chi connectivity index (χ2n) is 10.4. The number of ether oxygens (including phenoxy) is 1. The van der Waals surface area contributed by atoms with Gasteiger partial charge in [0.1, 0.15) is 17.5 Å². The number of hydrogen-bond acceptors (Lipinski definition) is 7. The summed E-state index contributed by atoms with van der Waals surface area (Å²) in [5.41, 5.74) is -0.841. The number of anilines is 1. The highest BCUT2D eigenvalue weighted by Crippen LogP contribution is 2.39. The minimum absolute atomic E-state index is 0.0121. The molecule has 0 bridgehead atoms. The first-order valence-electron chi connectivity index (χ1n) is 10.6. The van der Waals surface area contributed by atoms with Gasteiger partial charge in [0.25, 0.3) is 0 Å². The molecular weight excluding hydrogens is 416 g/mol. The zero-order valence-electron chi connectivity index (χ0n) is 19.9. The van der Waals surface area contributed by atoms with Crippen molar-refractivity contribution in [1.82, 2.24) is 10.3 Å². The van der Waals surface area contributed by atoms with E-state index in [2.05, 4.69) is 44.2 Å². The summed E-state index contributed by atoms with van der Waals surface area (Å²) in [7, 11) is -2.15. The van der Waals surface area contributed by atoms with Crippen LogP contribution in [0.15, 0.2) is 18.5 Å². The smallest absolute Gasteiger partial charge is 0.415 e. The Labute approximate surface area is 185 Å². The van der Waals surface area contributed by atoms with E-state index in [4.69, 9.17) is 9.16 Å². The zero-order chi connectivity index (χ0) is 23.6. The Bertz CT molecular complexity index is 804. The molecule has 2 atom stereocenters. The third kappa shape index (κ3) is 6.24. The molecule has 1 aromatic rings. The predicted octanol–water partition coefficient (Wildman–Crippen LogP) is 4.48. The van der Waals surface area contributed by atoms with Crippen LogP contribution in [0.25, 0.3) is 0 Å². The van der Waals surface area contributed by atoms with E-state index in [1.807, 2.05) is 0 Å². The van der Waals surface area contributed by atoms with Crippen molar-refractivity contribution in [1.29, 1.82) is 0 Å². The summed E-state index contributed by atoms with van der Waals surface area (Å²) in [6.45, 7) is 17.3. The normalized spacial score (nSPS) is 20.3. The molecule has 1 aliphatic rings. The lowest BCUT2D eigenvalue weighted by Gasteiger charge is -2.45. The average Bonchev–Trinajstić information content (AvgIpc) is 2.61. The lowest BCUT2D eigenvalue weighted by Crippen LogP contribution is -2.60. The van der Waals surface area contributed by atoms with Gasteiger partial charge in [0.2, 0.25) is 0 Å². The van der Waals surface area contributed by atoms with E-state index in [-0.39, 0.29) is 22.5 Å². The molecule has 0 aliphatic carbocycles. The molecule has 0 aromatic carbocycles. The molecule has 1 aromatic heterocycles. The Balaban J connectivity index is 2.53. The van der Waals surface area contributed by atoms with E-state index in [9.17, 15) is 14.9 Å². The Kier molecular flexibility index (Phi) is 7.50. The molecule has 2 heterocycles. The molecule has 0 unspecified atom stereocenters. The number of amides is 1. The lowest BCUT2D eigenvalue weighted by atomic mass is 10.0. The highest BCUT2D eigenvalue weighted by Gasteiger charge is 2.45. The molecule has 174 valence electrons. The molecular formula is C21H36N4O5Si. The number of carbonyl (C=O) groups excluding carboxylic acids is 1. The van der Waals surface area contributed by atoms with Gasteiger partial charge in [-0.2, -0.15) is 0 Å². The van der Waals surface area contributed by atoms with Crippen LogP contribution in [-0.2, 0) is 9.16 Å². The first-order valence-corrected chi connectivity index (χ1v) is 13.5. The van der Waals surface area contributed by atoms with Gasteiger partial charge in [0.15, 0.2) is 8.32 Å². The van der Waals surface area contributed by atoms with Crippen LogP contribution >= 0.6 is 0 Å². The summed E-state index contributed by atoms with van der Waals surface area (Å²) in [6, 6.07) is 1.03. The van der Waals surface area contributed by atoms with E-state index >= 15 is 0 Å². The molecule has 1 aliphatic heterocycles. The van der Waals surface area contributed by atoms with Crippen LogP contribution in [-0.4, -0.2) is 55.2 Å². The largest absolute Gasteiger partial charge is 0.443 e. The van der Waals surface area contributed by atoms with Crippen molar-refractivity contribution >= 4 is 25.8 Å². The molecule has 9 nitrogen and oxygen atoms in total. The van der Waals surface area contributed by atoms with Crippen LogP contribution in [0.5, 0.6) is 0 Å². The standard InChI is InChI=1S/C21H36N4O5Si/c1-20(2,3)29-19(26)24(15-9-11-22-13-16(15)25(27)28)17-14-23-12-10-18(17)30-31(7,8)21(4,5)6/h9,11,13,17-18,23H,10,12,14H2,1-8H3/t17-,18-/m1/s1. The quantitative estimate of drug-likeness (QED) is 0.398. The van der Waals surface area contributed by atoms with Gasteiger partial charge in [-0.05, 0) is 57.9 Å². The summed E-state index contributed by atoms with van der Waals surface area (Å²) in [4.78, 5) is 29.8. The summed E-state index contributed by atoms with van der Waals surface area (Å²) >= 11 is 0. The van der Waals surface area contributed by atoms with Crippen molar-refractivity contribution in [3.05, 3.63) is 28.6 Å². The molecule has 31 heavy (non-hydrogen) atoms. The molecule has 1 saturated heterocycles. The predicted molar refractivity (Wildman–Crippen MR) is 123 cm³/mol. The van der Waals surface area contributed by atoms with Gasteiger partial charge in [0, 0.05) is 12.7 Å². The molecule has 0 spiro atoms. The Morgan fingerprint density at radius 3 is 2.48 bits per heavy atom. The Hall–Kier alpha value is -2.04. The van der Waals surface area contributed by atoms with Gasteiger partial charge in [-0.1, -0.05) is 20.8 Å². The van der Waals surface area contributed by atoms with E-state index in [1.165, 1.54) is 17.2 Å². The number of nitrogens with zero attached hydrogens (tertiary/aromatic N) is 3. The summed E-state index contributed by atoms with van der Waals surface area (Å²) in [5.74, 6) is 0. The van der Waals surface area contributed by atoms with E-state index in [1.54, 1.807) is 20.8 Å². The molecule has 1 N–H and O–H groups in total. The second kappa shape index (κ2) is 9.21. The van der Waals surface area contributed by atoms with Crippen molar-refractivity contribution in [3.63, 3.8) is 0 Å². The van der Waals surface area contributed by atoms with Crippen molar-refractivity contribution < 1.29 is 18.9 Å². The summed E-state index contributed by atoms with van der Waals surface area (Å²) in [6.07, 6.45) is 2.38. The molecule has 0 saturated carbocycles. The monoisotopic (exact) mass is 452 g/mol. The number of carbonyl (C=O) groups is 1. The van der Waals surface area contributed by atoms with E-state index in [0.29, 0.717) is 13.0 Å². The first-order chi connectivity index (χ1) is 14.1. The Morgan fingerprint density at radius 1 is 1.29 bits per heavy atom. The van der Waals surface area contributed by atoms with E-state index in [0.717, 1.165) is 12.7 Å². The van der Waals surface area contributed by atoms with Gasteiger partial charge in [-0.15, -0.1) is 0 Å². The minimum atomic E-state index is -2.15. The topological polar surface area (TPSA) is 107 Å². The maximum absolute atomic E-state index is 13.3. The minimum Gasteiger partial charge on any atom is -0.443 e. The fraction of sp³-hybridized carbons (Fsp3) is 0.714. The Morgan fingerprint density at radius 2 is 1.94 bits per heavy atom. The maximum Gasteiger partial charge on any atom is 0.415 e. The second-order valence-corrected chi connectivity index (χ2v) is 15.2. The number of nitro groups is 1. The number of rotatable bonds is 5. The van der Waals surface area contributed by atoms with Crippen molar-refractivity contribution in [2.24, 2.45) is 0 Å². The number of pyridine rings is 1. The van der Waals surface area contributed by atoms with Crippen LogP contribution in [0.2, 0.25) is 18.1 Å². The van der Waals surface area contributed by atoms with Gasteiger partial charge in [-0.25, -0.2) is 4.79 Å². The van der Waals surface area contributed by atoms with Gasteiger partial charge < -0.3 is 14.5 Å². The van der Waals surface area contributed by atoms with E-state index < -0.39 is 31.0 Å². The molecule has 10 heteroatoms. The maximum atomic E-state index is 13.3. The third-order valence-corrected chi connectivity index (χ3v) is 10.3. The molecule has 2 rings (SSSR count).